The van der Waals surface area contributed by atoms with Crippen LogP contribution in [0.4, 0.5) is 0 Å². The summed E-state index contributed by atoms with van der Waals surface area (Å²) in [6, 6.07) is 4.99. The number of aliphatic hydroxyl groups excluding tert-OH is 11. The summed E-state index contributed by atoms with van der Waals surface area (Å²) in [4.78, 5) is 14.1. The number of aliphatic hydroxyl groups is 11. The van der Waals surface area contributed by atoms with Gasteiger partial charge in [0.2, 0.25) is 17.5 Å². The zero-order chi connectivity index (χ0) is 46.6. The Morgan fingerprint density at radius 1 is 0.562 bits per heavy atom. The standard InChI is InChI=1S/C39H50O25/c1-10-21(45)26(50)29(53)36(57-10)56-9-19-24(48)27(51)30(54)37(61-19)62-33-22(46)11(2)58-38(31(33)55)64-35-28(52)23(47)18(8-40)60-39(35)63-34-25(49)20-16(44)6-13(41)7-17(20)59-32(34)12-3-4-14(42)15(43)5-12/h3-7,10-11,18-19,21-24,26-31,33,35-48,50-55H,8-9H2,1-2H3. The van der Waals surface area contributed by atoms with Crippen molar-refractivity contribution in [1.82, 2.24) is 0 Å². The third kappa shape index (κ3) is 9.06. The molecule has 5 heterocycles. The van der Waals surface area contributed by atoms with Gasteiger partial charge in [-0.05, 0) is 32.0 Å². The SMILES string of the molecule is CC1OC(OCC2OC(OC3C(O)C(C)OC(OC4C(Oc5c(-c6ccc(O)c(O)c6)oc6cc(O)cc(O)c6c5=O)OC(CO)C(O)C4O)C3O)C(O)C(O)C2O)C(O)C(O)C1O. The Kier molecular flexibility index (Phi) is 14.2. The van der Waals surface area contributed by atoms with E-state index >= 15 is 0 Å². The first-order valence-electron chi connectivity index (χ1n) is 19.9. The number of ether oxygens (including phenoxy) is 8. The second-order valence-corrected chi connectivity index (χ2v) is 15.9. The van der Waals surface area contributed by atoms with Crippen LogP contribution in [0.15, 0.2) is 39.5 Å². The average molecular weight is 919 g/mol. The van der Waals surface area contributed by atoms with Crippen molar-refractivity contribution in [2.45, 2.75) is 137 Å². The number of rotatable bonds is 11. The maximum absolute atomic E-state index is 14.1. The fourth-order valence-corrected chi connectivity index (χ4v) is 7.73. The lowest BCUT2D eigenvalue weighted by atomic mass is 9.96. The smallest absolute Gasteiger partial charge is 0.239 e. The summed E-state index contributed by atoms with van der Waals surface area (Å²) in [7, 11) is 0. The van der Waals surface area contributed by atoms with Crippen LogP contribution in [0.1, 0.15) is 13.8 Å². The lowest BCUT2D eigenvalue weighted by Crippen LogP contribution is -2.66. The van der Waals surface area contributed by atoms with Gasteiger partial charge in [-0.3, -0.25) is 4.79 Å². The lowest BCUT2D eigenvalue weighted by molar-refractivity contribution is -0.380. The molecule has 20 unspecified atom stereocenters. The van der Waals surface area contributed by atoms with E-state index in [0.717, 1.165) is 24.3 Å². The van der Waals surface area contributed by atoms with Crippen molar-refractivity contribution >= 4 is 11.0 Å². The fraction of sp³-hybridized carbons (Fsp3) is 0.615. The zero-order valence-corrected chi connectivity index (χ0v) is 33.6. The van der Waals surface area contributed by atoms with E-state index in [4.69, 9.17) is 42.3 Å². The van der Waals surface area contributed by atoms with Gasteiger partial charge < -0.3 is 119 Å². The van der Waals surface area contributed by atoms with E-state index in [-0.39, 0.29) is 11.1 Å². The molecule has 4 saturated heterocycles. The highest BCUT2D eigenvalue weighted by Gasteiger charge is 2.54. The molecule has 0 amide bonds. The first-order chi connectivity index (χ1) is 30.2. The molecular weight excluding hydrogens is 868 g/mol. The highest BCUT2D eigenvalue weighted by Crippen LogP contribution is 2.40. The number of hydrogen-bond acceptors (Lipinski definition) is 25. The largest absolute Gasteiger partial charge is 0.508 e. The van der Waals surface area contributed by atoms with E-state index in [1.54, 1.807) is 0 Å². The van der Waals surface area contributed by atoms with Gasteiger partial charge in [-0.25, -0.2) is 0 Å². The van der Waals surface area contributed by atoms with Crippen LogP contribution in [-0.4, -0.2) is 213 Å². The maximum atomic E-state index is 14.1. The molecule has 0 radical (unpaired) electrons. The molecule has 25 heteroatoms. The molecule has 20 atom stereocenters. The summed E-state index contributed by atoms with van der Waals surface area (Å²) in [5.41, 5.74) is -1.63. The minimum atomic E-state index is -2.12. The number of fused-ring (bicyclic) bond motifs is 1. The highest BCUT2D eigenvalue weighted by molar-refractivity contribution is 5.88. The first-order valence-corrected chi connectivity index (χ1v) is 19.9. The van der Waals surface area contributed by atoms with Gasteiger partial charge >= 0.3 is 0 Å². The van der Waals surface area contributed by atoms with E-state index in [1.807, 2.05) is 0 Å². The van der Waals surface area contributed by atoms with Crippen LogP contribution in [0.25, 0.3) is 22.3 Å². The van der Waals surface area contributed by atoms with Crippen molar-refractivity contribution in [3.63, 3.8) is 0 Å². The van der Waals surface area contributed by atoms with Crippen molar-refractivity contribution < 1.29 is 119 Å². The molecule has 7 rings (SSSR count). The third-order valence-corrected chi connectivity index (χ3v) is 11.5. The highest BCUT2D eigenvalue weighted by atomic mass is 16.8. The molecule has 356 valence electrons. The first kappa shape index (κ1) is 47.9. The molecule has 64 heavy (non-hydrogen) atoms. The van der Waals surface area contributed by atoms with Crippen molar-refractivity contribution in [1.29, 1.82) is 0 Å². The Morgan fingerprint density at radius 2 is 1.16 bits per heavy atom. The summed E-state index contributed by atoms with van der Waals surface area (Å²) < 4.78 is 51.5. The Labute approximate surface area is 360 Å². The second kappa shape index (κ2) is 19.0. The van der Waals surface area contributed by atoms with Crippen molar-refractivity contribution in [2.75, 3.05) is 13.2 Å². The van der Waals surface area contributed by atoms with Crippen LogP contribution < -0.4 is 10.2 Å². The molecule has 2 aromatic carbocycles. The molecule has 0 saturated carbocycles. The number of phenolic OH excluding ortho intramolecular Hbond substituents is 4. The number of phenols is 4. The molecule has 4 aliphatic rings. The van der Waals surface area contributed by atoms with Gasteiger partial charge in [0.25, 0.3) is 0 Å². The quantitative estimate of drug-likeness (QED) is 0.0801. The van der Waals surface area contributed by atoms with Crippen LogP contribution in [0, 0.1) is 0 Å². The molecule has 15 N–H and O–H groups in total. The Bertz CT molecular complexity index is 2150. The summed E-state index contributed by atoms with van der Waals surface area (Å²) in [5, 5.41) is 158. The van der Waals surface area contributed by atoms with Gasteiger partial charge in [0.05, 0.1) is 25.4 Å². The molecule has 25 nitrogen and oxygen atoms in total. The molecule has 4 fully saturated rings. The topological polar surface area (TPSA) is 408 Å². The van der Waals surface area contributed by atoms with Crippen LogP contribution in [0.3, 0.4) is 0 Å². The van der Waals surface area contributed by atoms with Gasteiger partial charge in [-0.1, -0.05) is 0 Å². The molecule has 3 aromatic rings. The van der Waals surface area contributed by atoms with Crippen LogP contribution >= 0.6 is 0 Å². The summed E-state index contributed by atoms with van der Waals surface area (Å²) >= 11 is 0. The zero-order valence-electron chi connectivity index (χ0n) is 33.6. The van der Waals surface area contributed by atoms with E-state index < -0.39 is 181 Å². The number of hydrogen-bond donors (Lipinski definition) is 15. The van der Waals surface area contributed by atoms with E-state index in [0.29, 0.717) is 0 Å². The van der Waals surface area contributed by atoms with Crippen molar-refractivity contribution in [2.24, 2.45) is 0 Å². The second-order valence-electron chi connectivity index (χ2n) is 15.9. The minimum absolute atomic E-state index is 0.125. The van der Waals surface area contributed by atoms with Crippen LogP contribution in [0.2, 0.25) is 0 Å². The average Bonchev–Trinajstić information content (AvgIpc) is 3.25. The summed E-state index contributed by atoms with van der Waals surface area (Å²) in [6.07, 6.45) is -35.6. The number of benzene rings is 2. The van der Waals surface area contributed by atoms with Gasteiger partial charge in [0, 0.05) is 17.7 Å². The summed E-state index contributed by atoms with van der Waals surface area (Å²) in [5.74, 6) is -3.84. The molecule has 0 bridgehead atoms. The molecule has 1 aromatic heterocycles. The van der Waals surface area contributed by atoms with Gasteiger partial charge in [-0.2, -0.15) is 0 Å². The van der Waals surface area contributed by atoms with Crippen molar-refractivity contribution in [3.8, 4) is 40.1 Å². The fourth-order valence-electron chi connectivity index (χ4n) is 7.73. The van der Waals surface area contributed by atoms with Crippen LogP contribution in [0.5, 0.6) is 28.7 Å². The normalized spacial score (nSPS) is 40.6. The lowest BCUT2D eigenvalue weighted by Gasteiger charge is -2.48. The molecule has 4 aliphatic heterocycles. The van der Waals surface area contributed by atoms with Crippen LogP contribution in [-0.2, 0) is 33.2 Å². The predicted octanol–water partition coefficient (Wildman–Crippen LogP) is -5.01. The minimum Gasteiger partial charge on any atom is -0.508 e. The maximum Gasteiger partial charge on any atom is 0.239 e. The van der Waals surface area contributed by atoms with E-state index in [2.05, 4.69) is 0 Å². The Morgan fingerprint density at radius 3 is 1.84 bits per heavy atom. The third-order valence-electron chi connectivity index (χ3n) is 11.5. The monoisotopic (exact) mass is 918 g/mol. The molecular formula is C39H50O25. The van der Waals surface area contributed by atoms with Gasteiger partial charge in [0.1, 0.15) is 102 Å². The Hall–Kier alpha value is -4.07. The summed E-state index contributed by atoms with van der Waals surface area (Å²) in [6.45, 7) is 1.07. The van der Waals surface area contributed by atoms with Crippen molar-refractivity contribution in [3.05, 3.63) is 40.6 Å². The predicted molar refractivity (Wildman–Crippen MR) is 204 cm³/mol. The Balaban J connectivity index is 1.15. The van der Waals surface area contributed by atoms with Gasteiger partial charge in [0.15, 0.2) is 42.2 Å². The number of aromatic hydroxyl groups is 4. The molecule has 0 aliphatic carbocycles. The van der Waals surface area contributed by atoms with E-state index in [1.165, 1.54) is 19.9 Å². The van der Waals surface area contributed by atoms with E-state index in [9.17, 15) is 81.4 Å². The van der Waals surface area contributed by atoms with Gasteiger partial charge in [-0.15, -0.1) is 0 Å². The molecule has 0 spiro atoms.